The summed E-state index contributed by atoms with van der Waals surface area (Å²) in [5.41, 5.74) is 1.41. The first kappa shape index (κ1) is 15.7. The van der Waals surface area contributed by atoms with Crippen LogP contribution < -0.4 is 5.32 Å². The first-order valence-electron chi connectivity index (χ1n) is 7.16. The van der Waals surface area contributed by atoms with Gasteiger partial charge in [-0.3, -0.25) is 19.7 Å². The zero-order chi connectivity index (χ0) is 16.9. The van der Waals surface area contributed by atoms with Gasteiger partial charge in [-0.15, -0.1) is 0 Å². The van der Waals surface area contributed by atoms with Crippen molar-refractivity contribution in [3.05, 3.63) is 28.8 Å². The van der Waals surface area contributed by atoms with Gasteiger partial charge in [0.05, 0.1) is 4.90 Å². The highest BCUT2D eigenvalue weighted by atomic mass is 32.2. The van der Waals surface area contributed by atoms with Gasteiger partial charge in [0.25, 0.3) is 5.91 Å². The van der Waals surface area contributed by atoms with Gasteiger partial charge in [0.15, 0.2) is 9.84 Å². The number of hydrogen-bond acceptors (Lipinski definition) is 5. The third-order valence-electron chi connectivity index (χ3n) is 4.16. The van der Waals surface area contributed by atoms with Crippen LogP contribution in [0.15, 0.2) is 17.0 Å². The van der Waals surface area contributed by atoms with Gasteiger partial charge in [-0.1, -0.05) is 0 Å². The molecule has 7 nitrogen and oxygen atoms in total. The lowest BCUT2D eigenvalue weighted by molar-refractivity contribution is -0.136. The average molecular weight is 336 g/mol. The topological polar surface area (TPSA) is 101 Å². The summed E-state index contributed by atoms with van der Waals surface area (Å²) in [6, 6.07) is 2.42. The molecular weight excluding hydrogens is 320 g/mol. The SMILES string of the molecule is Cc1cc2c(c(S(C)(=O)=O)c1)CN(C1CCC(=O)NC1=O)C2=O. The van der Waals surface area contributed by atoms with Crippen LogP contribution in [-0.2, 0) is 26.0 Å². The number of fused-ring (bicyclic) bond motifs is 1. The molecule has 2 heterocycles. The molecule has 3 amide bonds. The summed E-state index contributed by atoms with van der Waals surface area (Å²) < 4.78 is 24.0. The second-order valence-electron chi connectivity index (χ2n) is 5.96. The fraction of sp³-hybridized carbons (Fsp3) is 0.400. The molecule has 1 fully saturated rings. The molecule has 122 valence electrons. The first-order valence-corrected chi connectivity index (χ1v) is 9.06. The summed E-state index contributed by atoms with van der Waals surface area (Å²) in [6.45, 7) is 1.78. The lowest BCUT2D eigenvalue weighted by atomic mass is 10.0. The molecule has 0 saturated carbocycles. The lowest BCUT2D eigenvalue weighted by Gasteiger charge is -2.29. The maximum absolute atomic E-state index is 12.6. The van der Waals surface area contributed by atoms with Gasteiger partial charge in [-0.25, -0.2) is 8.42 Å². The van der Waals surface area contributed by atoms with E-state index in [0.29, 0.717) is 16.7 Å². The van der Waals surface area contributed by atoms with E-state index in [4.69, 9.17) is 0 Å². The van der Waals surface area contributed by atoms with E-state index in [2.05, 4.69) is 5.32 Å². The third-order valence-corrected chi connectivity index (χ3v) is 5.32. The number of amides is 3. The molecule has 8 heteroatoms. The highest BCUT2D eigenvalue weighted by Gasteiger charge is 2.40. The molecule has 2 aliphatic heterocycles. The van der Waals surface area contributed by atoms with Crippen molar-refractivity contribution < 1.29 is 22.8 Å². The molecule has 3 rings (SSSR count). The molecule has 1 unspecified atom stereocenters. The van der Waals surface area contributed by atoms with E-state index in [1.807, 2.05) is 0 Å². The van der Waals surface area contributed by atoms with Gasteiger partial charge in [-0.2, -0.15) is 0 Å². The second kappa shape index (κ2) is 5.16. The number of hydrogen-bond donors (Lipinski definition) is 1. The minimum absolute atomic E-state index is 0.0587. The Morgan fingerprint density at radius 1 is 1.22 bits per heavy atom. The molecule has 23 heavy (non-hydrogen) atoms. The predicted molar refractivity (Wildman–Crippen MR) is 80.3 cm³/mol. The first-order chi connectivity index (χ1) is 10.7. The van der Waals surface area contributed by atoms with E-state index in [9.17, 15) is 22.8 Å². The van der Waals surface area contributed by atoms with E-state index in [-0.39, 0.29) is 36.1 Å². The summed E-state index contributed by atoms with van der Waals surface area (Å²) in [5, 5.41) is 2.22. The van der Waals surface area contributed by atoms with Crippen LogP contribution in [0.1, 0.15) is 34.3 Å². The van der Waals surface area contributed by atoms with E-state index < -0.39 is 21.8 Å². The smallest absolute Gasteiger partial charge is 0.255 e. The van der Waals surface area contributed by atoms with Crippen LogP contribution in [0.3, 0.4) is 0 Å². The number of piperidine rings is 1. The standard InChI is InChI=1S/C15H16N2O5S/c1-8-5-9-10(12(6-8)23(2,21)22)7-17(15(9)20)11-3-4-13(18)16-14(11)19/h5-6,11H,3-4,7H2,1-2H3,(H,16,18,19). The van der Waals surface area contributed by atoms with Gasteiger partial charge in [0.2, 0.25) is 11.8 Å². The minimum atomic E-state index is -3.48. The molecule has 1 aromatic rings. The monoisotopic (exact) mass is 336 g/mol. The van der Waals surface area contributed by atoms with E-state index in [1.54, 1.807) is 13.0 Å². The van der Waals surface area contributed by atoms with Crippen LogP contribution in [0.25, 0.3) is 0 Å². The summed E-state index contributed by atoms with van der Waals surface area (Å²) in [5.74, 6) is -1.24. The van der Waals surface area contributed by atoms with Crippen molar-refractivity contribution in [2.75, 3.05) is 6.26 Å². The van der Waals surface area contributed by atoms with Crippen molar-refractivity contribution in [3.63, 3.8) is 0 Å². The molecule has 1 aromatic carbocycles. The summed E-state index contributed by atoms with van der Waals surface area (Å²) in [6.07, 6.45) is 1.51. The maximum atomic E-state index is 12.6. The van der Waals surface area contributed by atoms with E-state index in [1.165, 1.54) is 11.0 Å². The zero-order valence-corrected chi connectivity index (χ0v) is 13.6. The third kappa shape index (κ3) is 2.63. The van der Waals surface area contributed by atoms with Crippen LogP contribution in [0.2, 0.25) is 0 Å². The Kier molecular flexibility index (Phi) is 3.51. The fourth-order valence-electron chi connectivity index (χ4n) is 3.10. The number of rotatable bonds is 2. The number of benzene rings is 1. The van der Waals surface area contributed by atoms with Crippen LogP contribution in [-0.4, -0.2) is 43.3 Å². The molecule has 1 saturated heterocycles. The quantitative estimate of drug-likeness (QED) is 0.775. The van der Waals surface area contributed by atoms with Gasteiger partial charge in [0, 0.05) is 30.3 Å². The van der Waals surface area contributed by atoms with E-state index >= 15 is 0 Å². The Bertz CT molecular complexity index is 844. The van der Waals surface area contributed by atoms with Crippen LogP contribution in [0.5, 0.6) is 0 Å². The largest absolute Gasteiger partial charge is 0.322 e. The fourth-order valence-corrected chi connectivity index (χ4v) is 4.12. The van der Waals surface area contributed by atoms with Crippen molar-refractivity contribution in [2.45, 2.75) is 37.2 Å². The molecule has 2 aliphatic rings. The van der Waals surface area contributed by atoms with E-state index in [0.717, 1.165) is 6.26 Å². The Balaban J connectivity index is 2.03. The van der Waals surface area contributed by atoms with Crippen LogP contribution in [0.4, 0.5) is 0 Å². The van der Waals surface area contributed by atoms with Gasteiger partial charge in [-0.05, 0) is 31.0 Å². The summed E-state index contributed by atoms with van der Waals surface area (Å²) in [7, 11) is -3.48. The molecule has 1 atom stereocenters. The van der Waals surface area contributed by atoms with Crippen LogP contribution in [0, 0.1) is 6.92 Å². The molecule has 0 bridgehead atoms. The Morgan fingerprint density at radius 2 is 1.91 bits per heavy atom. The number of carbonyl (C=O) groups is 3. The maximum Gasteiger partial charge on any atom is 0.255 e. The zero-order valence-electron chi connectivity index (χ0n) is 12.8. The van der Waals surface area contributed by atoms with Crippen molar-refractivity contribution in [3.8, 4) is 0 Å². The number of imide groups is 1. The molecular formula is C15H16N2O5S. The number of sulfone groups is 1. The van der Waals surface area contributed by atoms with Gasteiger partial charge in [0.1, 0.15) is 6.04 Å². The van der Waals surface area contributed by atoms with Gasteiger partial charge < -0.3 is 4.90 Å². The minimum Gasteiger partial charge on any atom is -0.322 e. The predicted octanol–water partition coefficient (Wildman–Crippen LogP) is 0.160. The molecule has 0 aromatic heterocycles. The van der Waals surface area contributed by atoms with Crippen molar-refractivity contribution in [2.24, 2.45) is 0 Å². The summed E-state index contributed by atoms with van der Waals surface area (Å²) in [4.78, 5) is 37.3. The number of aryl methyl sites for hydroxylation is 1. The molecule has 0 aliphatic carbocycles. The summed E-state index contributed by atoms with van der Waals surface area (Å²) >= 11 is 0. The van der Waals surface area contributed by atoms with Crippen molar-refractivity contribution in [1.82, 2.24) is 10.2 Å². The lowest BCUT2D eigenvalue weighted by Crippen LogP contribution is -2.52. The van der Waals surface area contributed by atoms with Crippen molar-refractivity contribution >= 4 is 27.6 Å². The number of nitrogens with one attached hydrogen (secondary N) is 1. The Labute approximate surface area is 133 Å². The second-order valence-corrected chi connectivity index (χ2v) is 7.95. The molecule has 0 radical (unpaired) electrons. The number of nitrogens with zero attached hydrogens (tertiary/aromatic N) is 1. The highest BCUT2D eigenvalue weighted by Crippen LogP contribution is 2.32. The van der Waals surface area contributed by atoms with Gasteiger partial charge >= 0.3 is 0 Å². The average Bonchev–Trinajstić information content (AvgIpc) is 2.74. The van der Waals surface area contributed by atoms with Crippen molar-refractivity contribution in [1.29, 1.82) is 0 Å². The number of carbonyl (C=O) groups excluding carboxylic acids is 3. The highest BCUT2D eigenvalue weighted by molar-refractivity contribution is 7.90. The van der Waals surface area contributed by atoms with Crippen LogP contribution >= 0.6 is 0 Å². The Hall–Kier alpha value is -2.22. The molecule has 1 N–H and O–H groups in total. The Morgan fingerprint density at radius 3 is 2.52 bits per heavy atom. The normalized spacial score (nSPS) is 21.4. The molecule has 0 spiro atoms.